The van der Waals surface area contributed by atoms with E-state index in [0.29, 0.717) is 23.0 Å². The van der Waals surface area contributed by atoms with Gasteiger partial charge in [0.1, 0.15) is 0 Å². The average Bonchev–Trinajstić information content (AvgIpc) is 2.68. The van der Waals surface area contributed by atoms with E-state index in [1.54, 1.807) is 28.4 Å². The lowest BCUT2D eigenvalue weighted by Crippen LogP contribution is -2.34. The van der Waals surface area contributed by atoms with Crippen molar-refractivity contribution in [2.45, 2.75) is 18.9 Å². The van der Waals surface area contributed by atoms with Crippen molar-refractivity contribution in [1.29, 1.82) is 0 Å². The minimum atomic E-state index is 0.116. The number of ether oxygens (including phenoxy) is 4. The summed E-state index contributed by atoms with van der Waals surface area (Å²) in [4.78, 5) is 0. The van der Waals surface area contributed by atoms with Crippen LogP contribution in [0.1, 0.15) is 22.7 Å². The molecule has 138 valence electrons. The normalized spacial score (nSPS) is 17.2. The monoisotopic (exact) mass is 357 g/mol. The number of methoxy groups -OCH3 is 4. The van der Waals surface area contributed by atoms with Gasteiger partial charge in [-0.2, -0.15) is 0 Å². The first-order chi connectivity index (χ1) is 12.6. The van der Waals surface area contributed by atoms with Crippen LogP contribution in [-0.2, 0) is 12.8 Å². The van der Waals surface area contributed by atoms with Gasteiger partial charge >= 0.3 is 0 Å². The van der Waals surface area contributed by atoms with Gasteiger partial charge in [-0.1, -0.05) is 0 Å². The molecule has 1 aliphatic heterocycles. The number of hydrogen-bond acceptors (Lipinski definition) is 6. The molecule has 2 aliphatic rings. The van der Waals surface area contributed by atoms with Gasteiger partial charge in [-0.3, -0.25) is 0 Å². The second kappa shape index (κ2) is 6.29. The Morgan fingerprint density at radius 3 is 2.31 bits per heavy atom. The first-order valence-corrected chi connectivity index (χ1v) is 8.62. The van der Waals surface area contributed by atoms with Gasteiger partial charge in [0.25, 0.3) is 0 Å². The molecule has 0 amide bonds. The molecule has 0 aromatic heterocycles. The maximum Gasteiger partial charge on any atom is 0.204 e. The molecule has 0 spiro atoms. The van der Waals surface area contributed by atoms with Crippen molar-refractivity contribution < 1.29 is 24.1 Å². The van der Waals surface area contributed by atoms with Crippen molar-refractivity contribution in [3.8, 4) is 39.9 Å². The van der Waals surface area contributed by atoms with E-state index in [1.807, 2.05) is 12.1 Å². The molecule has 6 nitrogen and oxygen atoms in total. The van der Waals surface area contributed by atoms with Crippen molar-refractivity contribution in [3.63, 3.8) is 0 Å². The van der Waals surface area contributed by atoms with Crippen molar-refractivity contribution in [3.05, 3.63) is 28.8 Å². The van der Waals surface area contributed by atoms with E-state index in [1.165, 1.54) is 0 Å². The Morgan fingerprint density at radius 1 is 0.962 bits per heavy atom. The number of nitrogens with one attached hydrogen (secondary N) is 1. The Hall–Kier alpha value is -2.60. The number of phenols is 1. The van der Waals surface area contributed by atoms with E-state index in [9.17, 15) is 5.11 Å². The van der Waals surface area contributed by atoms with Gasteiger partial charge in [0.2, 0.25) is 5.75 Å². The van der Waals surface area contributed by atoms with Gasteiger partial charge in [0, 0.05) is 17.2 Å². The van der Waals surface area contributed by atoms with Crippen LogP contribution < -0.4 is 24.3 Å². The van der Waals surface area contributed by atoms with Gasteiger partial charge in [-0.15, -0.1) is 0 Å². The summed E-state index contributed by atoms with van der Waals surface area (Å²) in [7, 11) is 6.41. The van der Waals surface area contributed by atoms with Crippen LogP contribution >= 0.6 is 0 Å². The lowest BCUT2D eigenvalue weighted by atomic mass is 9.76. The Kier molecular flexibility index (Phi) is 4.07. The van der Waals surface area contributed by atoms with Crippen molar-refractivity contribution in [2.75, 3.05) is 35.0 Å². The molecule has 0 fully saturated rings. The first-order valence-electron chi connectivity index (χ1n) is 8.62. The third-order valence-electron chi connectivity index (χ3n) is 5.35. The standard InChI is InChI=1S/C20H23NO5/c1-23-14-8-10-7-13-16-11(5-6-21-13)18(22)20(26-4)19(25-3)17(16)12(10)9-15(14)24-2/h8-9,13,21-22H,5-7H2,1-4H3/t13-/m1/s1. The molecule has 0 saturated carbocycles. The number of fused-ring (bicyclic) bond motifs is 2. The molecule has 0 bridgehead atoms. The molecule has 26 heavy (non-hydrogen) atoms. The van der Waals surface area contributed by atoms with Crippen molar-refractivity contribution in [2.24, 2.45) is 0 Å². The van der Waals surface area contributed by atoms with E-state index in [2.05, 4.69) is 5.32 Å². The lowest BCUT2D eigenvalue weighted by Gasteiger charge is -2.36. The first kappa shape index (κ1) is 16.8. The van der Waals surface area contributed by atoms with Gasteiger partial charge in [0.15, 0.2) is 23.0 Å². The highest BCUT2D eigenvalue weighted by Gasteiger charge is 2.37. The van der Waals surface area contributed by atoms with Gasteiger partial charge in [-0.25, -0.2) is 0 Å². The Bertz CT molecular complexity index is 877. The summed E-state index contributed by atoms with van der Waals surface area (Å²) in [6.07, 6.45) is 1.55. The van der Waals surface area contributed by atoms with Crippen molar-refractivity contribution in [1.82, 2.24) is 5.32 Å². The quantitative estimate of drug-likeness (QED) is 0.877. The maximum atomic E-state index is 10.8. The number of phenolic OH excluding ortho intramolecular Hbond substituents is 1. The highest BCUT2D eigenvalue weighted by Crippen LogP contribution is 2.56. The third-order valence-corrected chi connectivity index (χ3v) is 5.35. The average molecular weight is 357 g/mol. The summed E-state index contributed by atoms with van der Waals surface area (Å²) in [5.41, 5.74) is 5.14. The zero-order valence-corrected chi connectivity index (χ0v) is 15.4. The van der Waals surface area contributed by atoms with Crippen LogP contribution in [0.2, 0.25) is 0 Å². The summed E-state index contributed by atoms with van der Waals surface area (Å²) < 4.78 is 22.2. The summed E-state index contributed by atoms with van der Waals surface area (Å²) in [6, 6.07) is 4.12. The van der Waals surface area contributed by atoms with Crippen LogP contribution in [0.15, 0.2) is 12.1 Å². The second-order valence-electron chi connectivity index (χ2n) is 6.51. The second-order valence-corrected chi connectivity index (χ2v) is 6.51. The molecule has 2 aromatic rings. The minimum Gasteiger partial charge on any atom is -0.504 e. The van der Waals surface area contributed by atoms with Crippen LogP contribution in [0.5, 0.6) is 28.7 Å². The van der Waals surface area contributed by atoms with Gasteiger partial charge in [-0.05, 0) is 48.2 Å². The topological polar surface area (TPSA) is 69.2 Å². The smallest absolute Gasteiger partial charge is 0.204 e. The zero-order chi connectivity index (χ0) is 18.4. The molecule has 0 radical (unpaired) electrons. The molecule has 4 rings (SSSR count). The molecule has 6 heteroatoms. The lowest BCUT2D eigenvalue weighted by molar-refractivity contribution is 0.327. The molecule has 2 N–H and O–H groups in total. The summed E-state index contributed by atoms with van der Waals surface area (Å²) in [6.45, 7) is 0.808. The SMILES string of the molecule is COc1cc2c(cc1OC)-c1c(OC)c(OC)c(O)c3c1[C@@H](C2)NCC3. The van der Waals surface area contributed by atoms with Gasteiger partial charge in [0.05, 0.1) is 28.4 Å². The Balaban J connectivity index is 2.09. The fourth-order valence-electron chi connectivity index (χ4n) is 4.24. The number of hydrogen-bond donors (Lipinski definition) is 2. The highest BCUT2D eigenvalue weighted by molar-refractivity contribution is 5.87. The number of aromatic hydroxyl groups is 1. The Morgan fingerprint density at radius 2 is 1.65 bits per heavy atom. The Labute approximate surface area is 152 Å². The summed E-state index contributed by atoms with van der Waals surface area (Å²) in [5.74, 6) is 2.47. The third kappa shape index (κ3) is 2.22. The fraction of sp³-hybridized carbons (Fsp3) is 0.400. The predicted octanol–water partition coefficient (Wildman–Crippen LogP) is 2.84. The molecule has 1 heterocycles. The van der Waals surface area contributed by atoms with E-state index >= 15 is 0 Å². The van der Waals surface area contributed by atoms with Crippen LogP contribution in [0, 0.1) is 0 Å². The van der Waals surface area contributed by atoms with Crippen LogP contribution in [0.25, 0.3) is 11.1 Å². The highest BCUT2D eigenvalue weighted by atomic mass is 16.5. The predicted molar refractivity (Wildman–Crippen MR) is 97.9 cm³/mol. The maximum absolute atomic E-state index is 10.8. The minimum absolute atomic E-state index is 0.116. The molecule has 0 saturated heterocycles. The number of rotatable bonds is 4. The van der Waals surface area contributed by atoms with E-state index in [-0.39, 0.29) is 11.8 Å². The number of benzene rings is 2. The summed E-state index contributed by atoms with van der Waals surface area (Å²) in [5, 5.41) is 14.3. The molecular weight excluding hydrogens is 334 g/mol. The van der Waals surface area contributed by atoms with E-state index in [0.717, 1.165) is 47.2 Å². The van der Waals surface area contributed by atoms with E-state index in [4.69, 9.17) is 18.9 Å². The molecule has 2 aromatic carbocycles. The molecular formula is C20H23NO5. The fourth-order valence-corrected chi connectivity index (χ4v) is 4.24. The van der Waals surface area contributed by atoms with E-state index < -0.39 is 0 Å². The molecule has 0 unspecified atom stereocenters. The van der Waals surface area contributed by atoms with Crippen LogP contribution in [0.3, 0.4) is 0 Å². The van der Waals surface area contributed by atoms with Crippen LogP contribution in [0.4, 0.5) is 0 Å². The van der Waals surface area contributed by atoms with Crippen LogP contribution in [-0.4, -0.2) is 40.1 Å². The molecule has 1 aliphatic carbocycles. The zero-order valence-electron chi connectivity index (χ0n) is 15.4. The largest absolute Gasteiger partial charge is 0.504 e. The van der Waals surface area contributed by atoms with Gasteiger partial charge < -0.3 is 29.4 Å². The summed E-state index contributed by atoms with van der Waals surface area (Å²) >= 11 is 0. The van der Waals surface area contributed by atoms with Crippen molar-refractivity contribution >= 4 is 0 Å². The molecule has 1 atom stereocenters.